The largest absolute Gasteiger partial charge is 0.444 e. The predicted octanol–water partition coefficient (Wildman–Crippen LogP) is 3.58. The lowest BCUT2D eigenvalue weighted by molar-refractivity contribution is 0.0255. The molecule has 1 aromatic rings. The Bertz CT molecular complexity index is 535. The van der Waals surface area contributed by atoms with Crippen LogP contribution in [-0.4, -0.2) is 28.1 Å². The second-order valence-electron chi connectivity index (χ2n) is 5.78. The third-order valence-corrected chi connectivity index (χ3v) is 3.26. The highest BCUT2D eigenvalue weighted by atomic mass is 35.5. The first-order valence-corrected chi connectivity index (χ1v) is 7.00. The number of hydrogen-bond donors (Lipinski definition) is 0. The van der Waals surface area contributed by atoms with Gasteiger partial charge in [0.1, 0.15) is 10.8 Å². The lowest BCUT2D eigenvalue weighted by Crippen LogP contribution is -2.37. The van der Waals surface area contributed by atoms with E-state index in [9.17, 15) is 4.79 Å². The third-order valence-electron chi connectivity index (χ3n) is 2.93. The van der Waals surface area contributed by atoms with Gasteiger partial charge in [0, 0.05) is 18.3 Å². The van der Waals surface area contributed by atoms with E-state index in [1.807, 2.05) is 39.0 Å². The number of fused-ring (bicyclic) bond motifs is 1. The molecule has 0 N–H and O–H groups in total. The van der Waals surface area contributed by atoms with Crippen LogP contribution in [0.15, 0.2) is 24.4 Å². The quantitative estimate of drug-likeness (QED) is 0.542. The highest BCUT2D eigenvalue weighted by Gasteiger charge is 2.23. The highest BCUT2D eigenvalue weighted by Crippen LogP contribution is 2.23. The summed E-state index contributed by atoms with van der Waals surface area (Å²) in [6, 6.07) is 1.93. The van der Waals surface area contributed by atoms with Gasteiger partial charge in [-0.15, -0.1) is 0 Å². The van der Waals surface area contributed by atoms with Crippen LogP contribution in [0.25, 0.3) is 0 Å². The number of ether oxygens (including phenoxy) is 1. The molecule has 2 rings (SSSR count). The van der Waals surface area contributed by atoms with E-state index in [1.165, 1.54) is 0 Å². The van der Waals surface area contributed by atoms with Crippen LogP contribution < -0.4 is 0 Å². The minimum atomic E-state index is -0.509. The van der Waals surface area contributed by atoms with E-state index in [0.29, 0.717) is 18.2 Å². The van der Waals surface area contributed by atoms with Crippen molar-refractivity contribution >= 4 is 17.7 Å². The summed E-state index contributed by atoms with van der Waals surface area (Å²) in [5.74, 6) is 0. The van der Waals surface area contributed by atoms with E-state index in [0.717, 1.165) is 17.5 Å². The average Bonchev–Trinajstić information content (AvgIpc) is 2.28. The molecular formula is C15H19ClN2O2. The Morgan fingerprint density at radius 3 is 2.85 bits per heavy atom. The maximum atomic E-state index is 12.2. The zero-order chi connectivity index (χ0) is 14.8. The second-order valence-corrected chi connectivity index (χ2v) is 6.13. The maximum Gasteiger partial charge on any atom is 0.410 e. The van der Waals surface area contributed by atoms with Crippen molar-refractivity contribution in [3.8, 4) is 0 Å². The van der Waals surface area contributed by atoms with Crippen LogP contribution in [0.4, 0.5) is 4.79 Å². The molecule has 0 unspecified atom stereocenters. The van der Waals surface area contributed by atoms with Gasteiger partial charge in [-0.05, 0) is 38.8 Å². The molecule has 0 aromatic carbocycles. The highest BCUT2D eigenvalue weighted by molar-refractivity contribution is 6.30. The second kappa shape index (κ2) is 5.83. The number of carbonyl (C=O) groups is 1. The fourth-order valence-corrected chi connectivity index (χ4v) is 2.23. The van der Waals surface area contributed by atoms with Crippen molar-refractivity contribution in [2.24, 2.45) is 0 Å². The smallest absolute Gasteiger partial charge is 0.410 e. The van der Waals surface area contributed by atoms with Crippen molar-refractivity contribution in [1.29, 1.82) is 0 Å². The van der Waals surface area contributed by atoms with Crippen molar-refractivity contribution < 1.29 is 9.53 Å². The van der Waals surface area contributed by atoms with E-state index in [4.69, 9.17) is 16.3 Å². The van der Waals surface area contributed by atoms with Crippen LogP contribution in [0.1, 0.15) is 31.9 Å². The molecule has 0 atom stereocenters. The van der Waals surface area contributed by atoms with Crippen LogP contribution in [-0.2, 0) is 17.7 Å². The molecule has 0 fully saturated rings. The SMILES string of the molecule is CC(C)(C)OC(=O)N1C/C=C\Cc2ccnc(Cl)c2C1. The van der Waals surface area contributed by atoms with Crippen molar-refractivity contribution in [2.75, 3.05) is 6.54 Å². The molecule has 5 heteroatoms. The summed E-state index contributed by atoms with van der Waals surface area (Å²) in [6.45, 7) is 6.49. The molecule has 0 saturated carbocycles. The molecule has 1 aliphatic heterocycles. The maximum absolute atomic E-state index is 12.2. The summed E-state index contributed by atoms with van der Waals surface area (Å²) in [5.41, 5.74) is 1.48. The van der Waals surface area contributed by atoms with E-state index in [1.54, 1.807) is 11.1 Å². The van der Waals surface area contributed by atoms with E-state index in [-0.39, 0.29) is 6.09 Å². The van der Waals surface area contributed by atoms with Gasteiger partial charge in [0.15, 0.2) is 0 Å². The topological polar surface area (TPSA) is 42.4 Å². The van der Waals surface area contributed by atoms with Crippen LogP contribution >= 0.6 is 11.6 Å². The monoisotopic (exact) mass is 294 g/mol. The molecule has 1 aromatic heterocycles. The van der Waals surface area contributed by atoms with Gasteiger partial charge in [-0.1, -0.05) is 23.8 Å². The molecule has 0 aliphatic carbocycles. The standard InChI is InChI=1S/C15H19ClN2O2/c1-15(2,3)20-14(19)18-9-5-4-6-11-7-8-17-13(16)12(11)10-18/h4-5,7-8H,6,9-10H2,1-3H3/b5-4-. The van der Waals surface area contributed by atoms with Gasteiger partial charge >= 0.3 is 6.09 Å². The van der Waals surface area contributed by atoms with Gasteiger partial charge in [0.2, 0.25) is 0 Å². The van der Waals surface area contributed by atoms with Gasteiger partial charge in [0.05, 0.1) is 6.54 Å². The zero-order valence-corrected chi connectivity index (χ0v) is 12.8. The Balaban J connectivity index is 2.24. The molecule has 20 heavy (non-hydrogen) atoms. The van der Waals surface area contributed by atoms with Gasteiger partial charge in [-0.2, -0.15) is 0 Å². The number of aromatic nitrogens is 1. The van der Waals surface area contributed by atoms with Crippen LogP contribution in [0.2, 0.25) is 5.15 Å². The lowest BCUT2D eigenvalue weighted by atomic mass is 10.1. The van der Waals surface area contributed by atoms with Gasteiger partial charge in [-0.25, -0.2) is 9.78 Å². The first-order chi connectivity index (χ1) is 9.37. The molecule has 0 spiro atoms. The first kappa shape index (κ1) is 14.9. The van der Waals surface area contributed by atoms with Crippen LogP contribution in [0.5, 0.6) is 0 Å². The summed E-state index contributed by atoms with van der Waals surface area (Å²) < 4.78 is 5.42. The predicted molar refractivity (Wildman–Crippen MR) is 78.7 cm³/mol. The van der Waals surface area contributed by atoms with Crippen LogP contribution in [0, 0.1) is 0 Å². The van der Waals surface area contributed by atoms with Crippen molar-refractivity contribution in [1.82, 2.24) is 9.88 Å². The van der Waals surface area contributed by atoms with E-state index >= 15 is 0 Å². The summed E-state index contributed by atoms with van der Waals surface area (Å²) in [5, 5.41) is 0.450. The number of hydrogen-bond acceptors (Lipinski definition) is 3. The molecule has 2 heterocycles. The van der Waals surface area contributed by atoms with E-state index < -0.39 is 5.60 Å². The first-order valence-electron chi connectivity index (χ1n) is 6.62. The van der Waals surface area contributed by atoms with Gasteiger partial charge < -0.3 is 9.64 Å². The van der Waals surface area contributed by atoms with Crippen molar-refractivity contribution in [3.63, 3.8) is 0 Å². The Hall–Kier alpha value is -1.55. The minimum Gasteiger partial charge on any atom is -0.444 e. The van der Waals surface area contributed by atoms with Crippen molar-refractivity contribution in [2.45, 2.75) is 39.3 Å². The van der Waals surface area contributed by atoms with Crippen molar-refractivity contribution in [3.05, 3.63) is 40.7 Å². The normalized spacial score (nSPS) is 16.9. The molecule has 0 bridgehead atoms. The van der Waals surface area contributed by atoms with E-state index in [2.05, 4.69) is 4.98 Å². The fraction of sp³-hybridized carbons (Fsp3) is 0.467. The Kier molecular flexibility index (Phi) is 4.33. The third kappa shape index (κ3) is 3.73. The van der Waals surface area contributed by atoms with Crippen LogP contribution in [0.3, 0.4) is 0 Å². The molecular weight excluding hydrogens is 276 g/mol. The summed E-state index contributed by atoms with van der Waals surface area (Å²) in [6.07, 6.45) is 6.16. The zero-order valence-electron chi connectivity index (χ0n) is 12.0. The Morgan fingerprint density at radius 2 is 2.15 bits per heavy atom. The summed E-state index contributed by atoms with van der Waals surface area (Å²) >= 11 is 6.16. The number of nitrogens with zero attached hydrogens (tertiary/aromatic N) is 2. The molecule has 1 amide bonds. The summed E-state index contributed by atoms with van der Waals surface area (Å²) in [7, 11) is 0. The number of allylic oxidation sites excluding steroid dienone is 1. The summed E-state index contributed by atoms with van der Waals surface area (Å²) in [4.78, 5) is 17.9. The fourth-order valence-electron chi connectivity index (χ4n) is 1.99. The Labute approximate surface area is 124 Å². The minimum absolute atomic E-state index is 0.338. The molecule has 4 nitrogen and oxygen atoms in total. The molecule has 108 valence electrons. The Morgan fingerprint density at radius 1 is 1.40 bits per heavy atom. The van der Waals surface area contributed by atoms with Gasteiger partial charge in [0.25, 0.3) is 0 Å². The molecule has 0 radical (unpaired) electrons. The number of rotatable bonds is 0. The average molecular weight is 295 g/mol. The molecule has 0 saturated heterocycles. The van der Waals surface area contributed by atoms with Gasteiger partial charge in [-0.3, -0.25) is 0 Å². The number of carbonyl (C=O) groups excluding carboxylic acids is 1. The lowest BCUT2D eigenvalue weighted by Gasteiger charge is -2.28. The number of pyridine rings is 1. The number of halogens is 1. The molecule has 1 aliphatic rings. The number of amides is 1.